The van der Waals surface area contributed by atoms with E-state index in [0.29, 0.717) is 42.5 Å². The molecule has 1 aromatic heterocycles. The van der Waals surface area contributed by atoms with Crippen LogP contribution in [0.3, 0.4) is 0 Å². The summed E-state index contributed by atoms with van der Waals surface area (Å²) in [6.45, 7) is 4.53. The molecule has 4 rings (SSSR count). The Morgan fingerprint density at radius 3 is 2.45 bits per heavy atom. The first kappa shape index (κ1) is 21.7. The molecule has 0 saturated carbocycles. The molecule has 0 aliphatic carbocycles. The number of aryl methyl sites for hydroxylation is 1. The van der Waals surface area contributed by atoms with Crippen molar-refractivity contribution in [3.63, 3.8) is 0 Å². The van der Waals surface area contributed by atoms with Crippen LogP contribution >= 0.6 is 12.2 Å². The van der Waals surface area contributed by atoms with Crippen LogP contribution in [-0.2, 0) is 16.7 Å². The molecule has 0 amide bonds. The lowest BCUT2D eigenvalue weighted by Gasteiger charge is -2.33. The summed E-state index contributed by atoms with van der Waals surface area (Å²) in [5, 5.41) is 4.43. The van der Waals surface area contributed by atoms with E-state index in [1.807, 2.05) is 47.9 Å². The number of ether oxygens (including phenoxy) is 1. The number of sulfonamides is 1. The van der Waals surface area contributed by atoms with Crippen molar-refractivity contribution < 1.29 is 13.2 Å². The second kappa shape index (κ2) is 8.91. The van der Waals surface area contributed by atoms with E-state index in [9.17, 15) is 8.42 Å². The third-order valence-corrected chi connectivity index (χ3v) is 7.71. The van der Waals surface area contributed by atoms with Crippen LogP contribution in [-0.4, -0.2) is 65.3 Å². The highest BCUT2D eigenvalue weighted by molar-refractivity contribution is 7.89. The summed E-state index contributed by atoms with van der Waals surface area (Å²) in [5.41, 5.74) is 1.92. The van der Waals surface area contributed by atoms with Crippen molar-refractivity contribution in [3.8, 4) is 11.4 Å². The van der Waals surface area contributed by atoms with Crippen LogP contribution in [0.4, 0.5) is 0 Å². The summed E-state index contributed by atoms with van der Waals surface area (Å²) in [4.78, 5) is 2.49. The minimum Gasteiger partial charge on any atom is -0.497 e. The Balaban J connectivity index is 1.42. The first-order valence-corrected chi connectivity index (χ1v) is 11.8. The SMILES string of the molecule is COc1cccc(-n2cnn(CN3CCN(S(=O)(=O)c4ccc(C)cc4)CC3)c2=S)c1. The predicted molar refractivity (Wildman–Crippen MR) is 120 cm³/mol. The molecule has 0 bridgehead atoms. The van der Waals surface area contributed by atoms with Crippen molar-refractivity contribution >= 4 is 22.2 Å². The standard InChI is InChI=1S/C21H25N5O3S2/c1-17-6-8-20(9-7-17)31(27,28)24-12-10-23(11-13-24)16-26-21(30)25(15-22-26)18-4-3-5-19(14-18)29-2/h3-9,14-15H,10-13,16H2,1-2H3. The molecule has 0 radical (unpaired) electrons. The van der Waals surface area contributed by atoms with Crippen molar-refractivity contribution in [1.82, 2.24) is 23.6 Å². The number of piperazine rings is 1. The largest absolute Gasteiger partial charge is 0.497 e. The lowest BCUT2D eigenvalue weighted by Crippen LogP contribution is -2.48. The Morgan fingerprint density at radius 1 is 1.06 bits per heavy atom. The zero-order valence-electron chi connectivity index (χ0n) is 17.5. The van der Waals surface area contributed by atoms with Gasteiger partial charge in [0.05, 0.1) is 24.4 Å². The molecule has 1 saturated heterocycles. The van der Waals surface area contributed by atoms with Gasteiger partial charge in [0, 0.05) is 32.2 Å². The Labute approximate surface area is 187 Å². The van der Waals surface area contributed by atoms with Gasteiger partial charge < -0.3 is 4.74 Å². The maximum atomic E-state index is 12.9. The Bertz CT molecular complexity index is 1210. The normalized spacial score (nSPS) is 15.8. The molecule has 31 heavy (non-hydrogen) atoms. The van der Waals surface area contributed by atoms with Crippen LogP contribution in [0.15, 0.2) is 59.8 Å². The number of hydrogen-bond donors (Lipinski definition) is 0. The topological polar surface area (TPSA) is 72.6 Å². The van der Waals surface area contributed by atoms with Gasteiger partial charge in [0.25, 0.3) is 0 Å². The first-order chi connectivity index (χ1) is 14.9. The number of aromatic nitrogens is 3. The third-order valence-electron chi connectivity index (χ3n) is 5.39. The van der Waals surface area contributed by atoms with E-state index in [2.05, 4.69) is 10.00 Å². The minimum atomic E-state index is -3.47. The molecule has 0 spiro atoms. The second-order valence-corrected chi connectivity index (χ2v) is 9.76. The van der Waals surface area contributed by atoms with Gasteiger partial charge >= 0.3 is 0 Å². The van der Waals surface area contributed by atoms with Gasteiger partial charge in [-0.15, -0.1) is 0 Å². The van der Waals surface area contributed by atoms with Crippen LogP contribution in [0, 0.1) is 11.7 Å². The maximum absolute atomic E-state index is 12.9. The summed E-state index contributed by atoms with van der Waals surface area (Å²) in [6.07, 6.45) is 1.69. The number of rotatable bonds is 6. The highest BCUT2D eigenvalue weighted by Gasteiger charge is 2.28. The van der Waals surface area contributed by atoms with Crippen molar-refractivity contribution in [2.45, 2.75) is 18.5 Å². The number of nitrogens with zero attached hydrogens (tertiary/aromatic N) is 5. The van der Waals surface area contributed by atoms with Gasteiger partial charge in [-0.25, -0.2) is 13.1 Å². The zero-order valence-corrected chi connectivity index (χ0v) is 19.1. The summed E-state index contributed by atoms with van der Waals surface area (Å²) >= 11 is 5.60. The Morgan fingerprint density at radius 2 is 1.77 bits per heavy atom. The summed E-state index contributed by atoms with van der Waals surface area (Å²) in [5.74, 6) is 0.748. The van der Waals surface area contributed by atoms with E-state index in [1.165, 1.54) is 0 Å². The molecule has 3 aromatic rings. The highest BCUT2D eigenvalue weighted by Crippen LogP contribution is 2.19. The van der Waals surface area contributed by atoms with Gasteiger partial charge in [0.15, 0.2) is 0 Å². The molecule has 164 valence electrons. The maximum Gasteiger partial charge on any atom is 0.243 e. The molecule has 10 heteroatoms. The molecule has 0 N–H and O–H groups in total. The van der Waals surface area contributed by atoms with Gasteiger partial charge in [0.1, 0.15) is 12.1 Å². The van der Waals surface area contributed by atoms with E-state index >= 15 is 0 Å². The molecule has 1 aliphatic rings. The van der Waals surface area contributed by atoms with Crippen molar-refractivity contribution in [2.24, 2.45) is 0 Å². The first-order valence-electron chi connectivity index (χ1n) is 9.96. The van der Waals surface area contributed by atoms with Crippen LogP contribution in [0.2, 0.25) is 0 Å². The average Bonchev–Trinajstić information content (AvgIpc) is 3.14. The fourth-order valence-electron chi connectivity index (χ4n) is 3.53. The van der Waals surface area contributed by atoms with E-state index in [4.69, 9.17) is 17.0 Å². The van der Waals surface area contributed by atoms with Crippen molar-refractivity contribution in [1.29, 1.82) is 0 Å². The highest BCUT2D eigenvalue weighted by atomic mass is 32.2. The molecule has 1 aliphatic heterocycles. The molecule has 8 nitrogen and oxygen atoms in total. The quantitative estimate of drug-likeness (QED) is 0.528. The molecule has 2 aromatic carbocycles. The Kier molecular flexibility index (Phi) is 6.24. The molecule has 1 fully saturated rings. The van der Waals surface area contributed by atoms with Gasteiger partial charge in [-0.3, -0.25) is 9.47 Å². The zero-order chi connectivity index (χ0) is 22.0. The molecule has 2 heterocycles. The van der Waals surface area contributed by atoms with Crippen LogP contribution in [0.25, 0.3) is 5.69 Å². The summed E-state index contributed by atoms with van der Waals surface area (Å²) < 4.78 is 36.8. The van der Waals surface area contributed by atoms with Gasteiger partial charge in [-0.2, -0.15) is 9.40 Å². The minimum absolute atomic E-state index is 0.339. The summed E-state index contributed by atoms with van der Waals surface area (Å²) in [6, 6.07) is 14.6. The van der Waals surface area contributed by atoms with Gasteiger partial charge in [-0.1, -0.05) is 23.8 Å². The number of methoxy groups -OCH3 is 1. The summed E-state index contributed by atoms with van der Waals surface area (Å²) in [7, 11) is -1.85. The fourth-order valence-corrected chi connectivity index (χ4v) is 5.21. The van der Waals surface area contributed by atoms with Crippen molar-refractivity contribution in [3.05, 3.63) is 65.2 Å². The van der Waals surface area contributed by atoms with Gasteiger partial charge in [-0.05, 0) is 43.4 Å². The Hall–Kier alpha value is -2.53. The second-order valence-electron chi connectivity index (χ2n) is 7.46. The molecule has 0 atom stereocenters. The lowest BCUT2D eigenvalue weighted by atomic mass is 10.2. The van der Waals surface area contributed by atoms with Crippen LogP contribution < -0.4 is 4.74 Å². The predicted octanol–water partition coefficient (Wildman–Crippen LogP) is 2.68. The van der Waals surface area contributed by atoms with Crippen LogP contribution in [0.5, 0.6) is 5.75 Å². The number of hydrogen-bond acceptors (Lipinski definition) is 6. The van der Waals surface area contributed by atoms with E-state index in [1.54, 1.807) is 34.6 Å². The monoisotopic (exact) mass is 459 g/mol. The molecular weight excluding hydrogens is 434 g/mol. The molecular formula is C21H25N5O3S2. The smallest absolute Gasteiger partial charge is 0.243 e. The van der Waals surface area contributed by atoms with E-state index in [0.717, 1.165) is 17.0 Å². The lowest BCUT2D eigenvalue weighted by molar-refractivity contribution is 0.144. The average molecular weight is 460 g/mol. The van der Waals surface area contributed by atoms with E-state index < -0.39 is 10.0 Å². The van der Waals surface area contributed by atoms with Gasteiger partial charge in [0.2, 0.25) is 14.8 Å². The van der Waals surface area contributed by atoms with Crippen molar-refractivity contribution in [2.75, 3.05) is 33.3 Å². The fraction of sp³-hybridized carbons (Fsp3) is 0.333. The molecule has 0 unspecified atom stereocenters. The third kappa shape index (κ3) is 4.57. The van der Waals surface area contributed by atoms with Crippen LogP contribution in [0.1, 0.15) is 5.56 Å². The van der Waals surface area contributed by atoms with E-state index in [-0.39, 0.29) is 0 Å². The number of benzene rings is 2.